The van der Waals surface area contributed by atoms with Gasteiger partial charge in [-0.15, -0.1) is 0 Å². The first-order valence-corrected chi connectivity index (χ1v) is 8.32. The number of ketones is 1. The number of nitrogens with one attached hydrogen (secondary N) is 1. The Morgan fingerprint density at radius 1 is 1.12 bits per heavy atom. The highest BCUT2D eigenvalue weighted by molar-refractivity contribution is 6.30. The third kappa shape index (κ3) is 3.20. The highest BCUT2D eigenvalue weighted by Crippen LogP contribution is 2.42. The number of methoxy groups -OCH3 is 2. The lowest BCUT2D eigenvalue weighted by molar-refractivity contribution is -0.126. The summed E-state index contributed by atoms with van der Waals surface area (Å²) in [7, 11) is 2.93. The van der Waals surface area contributed by atoms with Gasteiger partial charge in [0.05, 0.1) is 20.3 Å². The molecule has 3 rings (SSSR count). The molecule has 6 nitrogen and oxygen atoms in total. The molecular formula is C19H18ClNO5. The normalized spacial score (nSPS) is 18.5. The molecule has 7 heteroatoms. The number of hydrogen-bond donors (Lipinski definition) is 1. The van der Waals surface area contributed by atoms with E-state index in [9.17, 15) is 9.59 Å². The second-order valence-corrected chi connectivity index (χ2v) is 6.27. The lowest BCUT2D eigenvalue weighted by Gasteiger charge is -2.33. The van der Waals surface area contributed by atoms with Crippen LogP contribution in [0, 0.1) is 0 Å². The molecule has 0 aromatic heterocycles. The molecule has 0 unspecified atom stereocenters. The number of rotatable bonds is 5. The van der Waals surface area contributed by atoms with Crippen molar-refractivity contribution >= 4 is 29.0 Å². The van der Waals surface area contributed by atoms with Crippen molar-refractivity contribution in [2.24, 2.45) is 0 Å². The van der Waals surface area contributed by atoms with Crippen LogP contribution < -0.4 is 14.8 Å². The summed E-state index contributed by atoms with van der Waals surface area (Å²) in [6.45, 7) is 1.39. The molecule has 1 heterocycles. The third-order valence-corrected chi connectivity index (χ3v) is 4.47. The molecular weight excluding hydrogens is 358 g/mol. The van der Waals surface area contributed by atoms with Gasteiger partial charge < -0.3 is 19.5 Å². The van der Waals surface area contributed by atoms with E-state index in [2.05, 4.69) is 5.32 Å². The first kappa shape index (κ1) is 18.1. The number of ether oxygens (including phenoxy) is 3. The zero-order chi connectivity index (χ0) is 18.8. The van der Waals surface area contributed by atoms with Crippen molar-refractivity contribution in [1.29, 1.82) is 0 Å². The predicted octanol–water partition coefficient (Wildman–Crippen LogP) is 3.64. The van der Waals surface area contributed by atoms with E-state index in [1.165, 1.54) is 21.1 Å². The van der Waals surface area contributed by atoms with Gasteiger partial charge >= 0.3 is 5.97 Å². The molecule has 0 saturated heterocycles. The Morgan fingerprint density at radius 2 is 1.81 bits per heavy atom. The molecule has 2 atom stereocenters. The van der Waals surface area contributed by atoms with Gasteiger partial charge in [0.2, 0.25) is 0 Å². The zero-order valence-corrected chi connectivity index (χ0v) is 15.3. The summed E-state index contributed by atoms with van der Waals surface area (Å²) in [5.41, 5.74) is 1.59. The van der Waals surface area contributed by atoms with Crippen LogP contribution in [0.25, 0.3) is 0 Å². The average Bonchev–Trinajstić information content (AvgIpc) is 2.64. The highest BCUT2D eigenvalue weighted by atomic mass is 35.5. The predicted molar refractivity (Wildman–Crippen MR) is 97.2 cm³/mol. The van der Waals surface area contributed by atoms with Crippen molar-refractivity contribution in [2.75, 3.05) is 19.5 Å². The average molecular weight is 376 g/mol. The number of anilines is 1. The van der Waals surface area contributed by atoms with Crippen molar-refractivity contribution in [3.05, 3.63) is 52.5 Å². The molecule has 0 aliphatic carbocycles. The van der Waals surface area contributed by atoms with Crippen LogP contribution in [0.1, 0.15) is 28.9 Å². The summed E-state index contributed by atoms with van der Waals surface area (Å²) >= 11 is 5.93. The fourth-order valence-corrected chi connectivity index (χ4v) is 3.14. The molecule has 0 spiro atoms. The van der Waals surface area contributed by atoms with Gasteiger partial charge in [0.15, 0.2) is 23.4 Å². The molecule has 0 amide bonds. The van der Waals surface area contributed by atoms with E-state index in [1.54, 1.807) is 36.4 Å². The van der Waals surface area contributed by atoms with Crippen molar-refractivity contribution in [3.8, 4) is 11.5 Å². The molecule has 2 aromatic rings. The fourth-order valence-electron chi connectivity index (χ4n) is 3.01. The van der Waals surface area contributed by atoms with Crippen LogP contribution in [-0.4, -0.2) is 32.1 Å². The van der Waals surface area contributed by atoms with Crippen LogP contribution in [-0.2, 0) is 9.53 Å². The molecule has 0 saturated carbocycles. The molecule has 26 heavy (non-hydrogen) atoms. The third-order valence-electron chi connectivity index (χ3n) is 4.22. The Bertz CT molecular complexity index is 850. The SMILES string of the molecule is COc1ccc2c(c1OC)C(=O)O[C@@H](C(C)=O)[C@H]2Nc1ccc(Cl)cc1. The maximum absolute atomic E-state index is 12.5. The topological polar surface area (TPSA) is 73.9 Å². The second-order valence-electron chi connectivity index (χ2n) is 5.83. The number of halogens is 1. The number of Topliss-reactive ketones (excluding diaryl/α,β-unsaturated/α-hetero) is 1. The maximum atomic E-state index is 12.5. The van der Waals surface area contributed by atoms with Crippen LogP contribution in [0.4, 0.5) is 5.69 Å². The molecule has 0 radical (unpaired) electrons. The molecule has 0 fully saturated rings. The van der Waals surface area contributed by atoms with Gasteiger partial charge in [-0.25, -0.2) is 4.79 Å². The molecule has 136 valence electrons. The van der Waals surface area contributed by atoms with E-state index in [0.29, 0.717) is 16.3 Å². The zero-order valence-electron chi connectivity index (χ0n) is 14.5. The highest BCUT2D eigenvalue weighted by Gasteiger charge is 2.41. The first-order chi connectivity index (χ1) is 12.5. The number of fused-ring (bicyclic) bond motifs is 1. The summed E-state index contributed by atoms with van der Waals surface area (Å²) in [5.74, 6) is -0.190. The molecule has 1 N–H and O–H groups in total. The van der Waals surface area contributed by atoms with Crippen LogP contribution in [0.5, 0.6) is 11.5 Å². The van der Waals surface area contributed by atoms with Crippen LogP contribution >= 0.6 is 11.6 Å². The molecule has 1 aliphatic heterocycles. The Labute approximate surface area is 156 Å². The van der Waals surface area contributed by atoms with E-state index in [0.717, 1.165) is 5.69 Å². The lowest BCUT2D eigenvalue weighted by atomic mass is 9.90. The monoisotopic (exact) mass is 375 g/mol. The van der Waals surface area contributed by atoms with Gasteiger partial charge in [-0.1, -0.05) is 17.7 Å². The Hall–Kier alpha value is -2.73. The van der Waals surface area contributed by atoms with Gasteiger partial charge in [0, 0.05) is 10.7 Å². The van der Waals surface area contributed by atoms with Gasteiger partial charge in [-0.2, -0.15) is 0 Å². The molecule has 1 aliphatic rings. The minimum Gasteiger partial charge on any atom is -0.493 e. The summed E-state index contributed by atoms with van der Waals surface area (Å²) in [6.07, 6.45) is -0.955. The van der Waals surface area contributed by atoms with Crippen molar-refractivity contribution in [1.82, 2.24) is 0 Å². The Balaban J connectivity index is 2.11. The summed E-state index contributed by atoms with van der Waals surface area (Å²) in [5, 5.41) is 3.85. The minimum atomic E-state index is -0.955. The van der Waals surface area contributed by atoms with E-state index < -0.39 is 18.1 Å². The number of esters is 1. The standard InChI is InChI=1S/C19H18ClNO5/c1-10(22)17-16(21-12-6-4-11(20)5-7-12)13-8-9-14(24-2)18(25-3)15(13)19(23)26-17/h4-9,16-17,21H,1-3H3/t16-,17-/m0/s1. The largest absolute Gasteiger partial charge is 0.493 e. The van der Waals surface area contributed by atoms with Crippen molar-refractivity contribution in [3.63, 3.8) is 0 Å². The summed E-state index contributed by atoms with van der Waals surface area (Å²) in [4.78, 5) is 24.6. The van der Waals surface area contributed by atoms with E-state index in [4.69, 9.17) is 25.8 Å². The van der Waals surface area contributed by atoms with Crippen LogP contribution in [0.3, 0.4) is 0 Å². The Morgan fingerprint density at radius 3 is 2.38 bits per heavy atom. The van der Waals surface area contributed by atoms with E-state index in [-0.39, 0.29) is 17.1 Å². The van der Waals surface area contributed by atoms with Crippen molar-refractivity contribution < 1.29 is 23.8 Å². The maximum Gasteiger partial charge on any atom is 0.343 e. The van der Waals surface area contributed by atoms with E-state index >= 15 is 0 Å². The van der Waals surface area contributed by atoms with Gasteiger partial charge in [-0.3, -0.25) is 4.79 Å². The number of carbonyl (C=O) groups is 2. The number of cyclic esters (lactones) is 1. The van der Waals surface area contributed by atoms with Crippen LogP contribution in [0.2, 0.25) is 5.02 Å². The van der Waals surface area contributed by atoms with Gasteiger partial charge in [0.1, 0.15) is 5.56 Å². The van der Waals surface area contributed by atoms with E-state index in [1.807, 2.05) is 0 Å². The number of carbonyl (C=O) groups excluding carboxylic acids is 2. The Kier molecular flexibility index (Phi) is 5.04. The summed E-state index contributed by atoms with van der Waals surface area (Å²) < 4.78 is 16.0. The van der Waals surface area contributed by atoms with Crippen molar-refractivity contribution in [2.45, 2.75) is 19.1 Å². The minimum absolute atomic E-state index is 0.246. The quantitative estimate of drug-likeness (QED) is 0.804. The number of hydrogen-bond acceptors (Lipinski definition) is 6. The van der Waals surface area contributed by atoms with Gasteiger partial charge in [-0.05, 0) is 42.8 Å². The molecule has 0 bridgehead atoms. The first-order valence-electron chi connectivity index (χ1n) is 7.94. The fraction of sp³-hybridized carbons (Fsp3) is 0.263. The number of benzene rings is 2. The second kappa shape index (κ2) is 7.25. The smallest absolute Gasteiger partial charge is 0.343 e. The molecule has 2 aromatic carbocycles. The summed E-state index contributed by atoms with van der Waals surface area (Å²) in [6, 6.07) is 9.91. The van der Waals surface area contributed by atoms with Crippen LogP contribution in [0.15, 0.2) is 36.4 Å². The van der Waals surface area contributed by atoms with Gasteiger partial charge in [0.25, 0.3) is 0 Å². The lowest BCUT2D eigenvalue weighted by Crippen LogP contribution is -2.40.